The van der Waals surface area contributed by atoms with E-state index in [4.69, 9.17) is 0 Å². The molecule has 12 heavy (non-hydrogen) atoms. The quantitative estimate of drug-likeness (QED) is 0.748. The second-order valence-corrected chi connectivity index (χ2v) is 3.51. The molecule has 0 aromatic carbocycles. The van der Waals surface area contributed by atoms with Crippen molar-refractivity contribution in [3.63, 3.8) is 0 Å². The Bertz CT molecular complexity index is 436. The van der Waals surface area contributed by atoms with Crippen LogP contribution in [-0.4, -0.2) is 14.5 Å². The monoisotopic (exact) mass is 226 g/mol. The molecule has 0 atom stereocenters. The minimum absolute atomic E-state index is 0.200. The van der Waals surface area contributed by atoms with Crippen LogP contribution in [0.5, 0.6) is 5.88 Å². The summed E-state index contributed by atoms with van der Waals surface area (Å²) in [4.78, 5) is 4.15. The number of hydrogen-bond donors (Lipinski definition) is 1. The van der Waals surface area contributed by atoms with E-state index >= 15 is 0 Å². The van der Waals surface area contributed by atoms with Crippen molar-refractivity contribution in [3.05, 3.63) is 28.5 Å². The zero-order valence-electron chi connectivity index (χ0n) is 6.45. The number of aromatic nitrogens is 2. The molecule has 0 amide bonds. The van der Waals surface area contributed by atoms with Crippen LogP contribution in [0.3, 0.4) is 0 Å². The van der Waals surface area contributed by atoms with E-state index < -0.39 is 0 Å². The molecule has 0 aliphatic rings. The predicted octanol–water partition coefficient (Wildman–Crippen LogP) is 2.11. The molecule has 3 nitrogen and oxygen atoms in total. The summed E-state index contributed by atoms with van der Waals surface area (Å²) in [5.41, 5.74) is 1.40. The zero-order valence-corrected chi connectivity index (χ0v) is 8.04. The SMILES string of the molecule is Cc1nc2ccc(Br)cn2c1O. The van der Waals surface area contributed by atoms with Crippen molar-refractivity contribution in [1.29, 1.82) is 0 Å². The summed E-state index contributed by atoms with van der Waals surface area (Å²) in [6.45, 7) is 1.77. The van der Waals surface area contributed by atoms with Crippen LogP contribution in [0.2, 0.25) is 0 Å². The van der Waals surface area contributed by atoms with Gasteiger partial charge >= 0.3 is 0 Å². The van der Waals surface area contributed by atoms with Gasteiger partial charge in [-0.05, 0) is 35.0 Å². The number of aryl methyl sites for hydroxylation is 1. The van der Waals surface area contributed by atoms with Crippen LogP contribution in [0.1, 0.15) is 5.69 Å². The number of pyridine rings is 1. The van der Waals surface area contributed by atoms with Crippen LogP contribution in [-0.2, 0) is 0 Å². The topological polar surface area (TPSA) is 37.5 Å². The Balaban J connectivity index is 2.88. The van der Waals surface area contributed by atoms with Gasteiger partial charge in [-0.3, -0.25) is 4.40 Å². The van der Waals surface area contributed by atoms with Crippen molar-refractivity contribution < 1.29 is 5.11 Å². The highest BCUT2D eigenvalue weighted by atomic mass is 79.9. The Morgan fingerprint density at radius 1 is 1.50 bits per heavy atom. The molecule has 2 rings (SSSR count). The van der Waals surface area contributed by atoms with Gasteiger partial charge in [-0.25, -0.2) is 4.98 Å². The molecule has 0 aliphatic heterocycles. The summed E-state index contributed by atoms with van der Waals surface area (Å²) < 4.78 is 2.56. The lowest BCUT2D eigenvalue weighted by molar-refractivity contribution is 0.444. The van der Waals surface area contributed by atoms with E-state index in [1.165, 1.54) is 0 Å². The number of nitrogens with zero attached hydrogens (tertiary/aromatic N) is 2. The number of fused-ring (bicyclic) bond motifs is 1. The average Bonchev–Trinajstić information content (AvgIpc) is 2.31. The van der Waals surface area contributed by atoms with Crippen molar-refractivity contribution >= 4 is 21.6 Å². The molecule has 2 heterocycles. The van der Waals surface area contributed by atoms with Crippen molar-refractivity contribution in [3.8, 4) is 5.88 Å². The smallest absolute Gasteiger partial charge is 0.218 e. The van der Waals surface area contributed by atoms with E-state index in [1.807, 2.05) is 12.1 Å². The van der Waals surface area contributed by atoms with Gasteiger partial charge in [-0.15, -0.1) is 0 Å². The molecule has 0 saturated heterocycles. The molecule has 2 aromatic heterocycles. The molecule has 0 saturated carbocycles. The number of hydrogen-bond acceptors (Lipinski definition) is 2. The lowest BCUT2D eigenvalue weighted by Crippen LogP contribution is -1.82. The molecule has 0 bridgehead atoms. The second kappa shape index (κ2) is 2.48. The third-order valence-corrected chi connectivity index (χ3v) is 2.19. The minimum atomic E-state index is 0.200. The van der Waals surface area contributed by atoms with Crippen molar-refractivity contribution in [2.45, 2.75) is 6.92 Å². The second-order valence-electron chi connectivity index (χ2n) is 2.60. The first-order chi connectivity index (χ1) is 5.68. The van der Waals surface area contributed by atoms with Gasteiger partial charge in [0.15, 0.2) is 0 Å². The fourth-order valence-electron chi connectivity index (χ4n) is 1.12. The average molecular weight is 227 g/mol. The molecule has 1 N–H and O–H groups in total. The number of aromatic hydroxyl groups is 1. The summed E-state index contributed by atoms with van der Waals surface area (Å²) in [5, 5.41) is 9.50. The molecule has 4 heteroatoms. The molecular formula is C8H7BrN2O. The van der Waals surface area contributed by atoms with E-state index in [0.717, 1.165) is 10.1 Å². The van der Waals surface area contributed by atoms with Crippen LogP contribution >= 0.6 is 15.9 Å². The number of halogens is 1. The van der Waals surface area contributed by atoms with Crippen LogP contribution < -0.4 is 0 Å². The Labute approximate surface area is 77.8 Å². The van der Waals surface area contributed by atoms with E-state index in [2.05, 4.69) is 20.9 Å². The van der Waals surface area contributed by atoms with Crippen LogP contribution in [0, 0.1) is 6.92 Å². The standard InChI is InChI=1S/C8H7BrN2O/c1-5-8(12)11-4-6(9)2-3-7(11)10-5/h2-4,12H,1H3. The lowest BCUT2D eigenvalue weighted by Gasteiger charge is -1.94. The third-order valence-electron chi connectivity index (χ3n) is 1.72. The molecule has 0 aliphatic carbocycles. The highest BCUT2D eigenvalue weighted by molar-refractivity contribution is 9.10. The van der Waals surface area contributed by atoms with Gasteiger partial charge in [0.25, 0.3) is 0 Å². The predicted molar refractivity (Wildman–Crippen MR) is 49.3 cm³/mol. The molecular weight excluding hydrogens is 220 g/mol. The largest absolute Gasteiger partial charge is 0.493 e. The fourth-order valence-corrected chi connectivity index (χ4v) is 1.46. The summed E-state index contributed by atoms with van der Waals surface area (Å²) in [5.74, 6) is 0.200. The molecule has 62 valence electrons. The van der Waals surface area contributed by atoms with Gasteiger partial charge in [0.05, 0.1) is 0 Å². The van der Waals surface area contributed by atoms with Gasteiger partial charge in [0, 0.05) is 10.7 Å². The van der Waals surface area contributed by atoms with Gasteiger partial charge in [-0.2, -0.15) is 0 Å². The van der Waals surface area contributed by atoms with E-state index in [0.29, 0.717) is 5.69 Å². The molecule has 0 spiro atoms. The van der Waals surface area contributed by atoms with Crippen molar-refractivity contribution in [2.75, 3.05) is 0 Å². The van der Waals surface area contributed by atoms with Crippen LogP contribution in [0.25, 0.3) is 5.65 Å². The number of imidazole rings is 1. The summed E-state index contributed by atoms with van der Waals surface area (Å²) in [7, 11) is 0. The number of rotatable bonds is 0. The summed E-state index contributed by atoms with van der Waals surface area (Å²) >= 11 is 3.32. The van der Waals surface area contributed by atoms with E-state index in [1.54, 1.807) is 17.5 Å². The van der Waals surface area contributed by atoms with E-state index in [-0.39, 0.29) is 5.88 Å². The lowest BCUT2D eigenvalue weighted by atomic mass is 10.5. The van der Waals surface area contributed by atoms with Gasteiger partial charge < -0.3 is 5.11 Å². The summed E-state index contributed by atoms with van der Waals surface area (Å²) in [6, 6.07) is 3.73. The van der Waals surface area contributed by atoms with E-state index in [9.17, 15) is 5.11 Å². The van der Waals surface area contributed by atoms with Crippen molar-refractivity contribution in [1.82, 2.24) is 9.38 Å². The third kappa shape index (κ3) is 0.992. The normalized spacial score (nSPS) is 10.8. The maximum absolute atomic E-state index is 9.50. The Morgan fingerprint density at radius 3 is 3.00 bits per heavy atom. The molecule has 0 radical (unpaired) electrons. The zero-order chi connectivity index (χ0) is 8.72. The minimum Gasteiger partial charge on any atom is -0.493 e. The molecule has 0 fully saturated rings. The molecule has 0 unspecified atom stereocenters. The van der Waals surface area contributed by atoms with Gasteiger partial charge in [0.1, 0.15) is 11.3 Å². The Hall–Kier alpha value is -1.03. The maximum atomic E-state index is 9.50. The highest BCUT2D eigenvalue weighted by Gasteiger charge is 2.05. The van der Waals surface area contributed by atoms with Crippen LogP contribution in [0.4, 0.5) is 0 Å². The van der Waals surface area contributed by atoms with Crippen LogP contribution in [0.15, 0.2) is 22.8 Å². The molecule has 2 aromatic rings. The first-order valence-corrected chi connectivity index (χ1v) is 4.31. The Kier molecular flexibility index (Phi) is 1.58. The fraction of sp³-hybridized carbons (Fsp3) is 0.125. The first kappa shape index (κ1) is 7.61. The Morgan fingerprint density at radius 2 is 2.25 bits per heavy atom. The van der Waals surface area contributed by atoms with Gasteiger partial charge in [-0.1, -0.05) is 0 Å². The highest BCUT2D eigenvalue weighted by Crippen LogP contribution is 2.20. The summed E-state index contributed by atoms with van der Waals surface area (Å²) in [6.07, 6.45) is 1.78. The maximum Gasteiger partial charge on any atom is 0.218 e. The van der Waals surface area contributed by atoms with Gasteiger partial charge in [0.2, 0.25) is 5.88 Å². The van der Waals surface area contributed by atoms with Crippen molar-refractivity contribution in [2.24, 2.45) is 0 Å². The first-order valence-electron chi connectivity index (χ1n) is 3.51.